The quantitative estimate of drug-likeness (QED) is 0.419. The second-order valence-electron chi connectivity index (χ2n) is 7.40. The molecule has 3 nitrogen and oxygen atoms in total. The molecule has 4 atom stereocenters. The van der Waals surface area contributed by atoms with E-state index in [0.29, 0.717) is 13.2 Å². The van der Waals surface area contributed by atoms with Crippen molar-refractivity contribution >= 4 is 11.8 Å². The van der Waals surface area contributed by atoms with Crippen LogP contribution in [0.1, 0.15) is 24.5 Å². The van der Waals surface area contributed by atoms with Crippen LogP contribution in [0.15, 0.2) is 95.9 Å². The Labute approximate surface area is 183 Å². The number of hydrogen-bond donors (Lipinski definition) is 0. The molecule has 1 aliphatic rings. The molecule has 1 heterocycles. The second-order valence-corrected chi connectivity index (χ2v) is 8.58. The number of thioether (sulfide) groups is 1. The van der Waals surface area contributed by atoms with Crippen LogP contribution >= 0.6 is 11.8 Å². The third kappa shape index (κ3) is 5.52. The molecule has 4 heteroatoms. The maximum atomic E-state index is 6.44. The lowest BCUT2D eigenvalue weighted by Crippen LogP contribution is -2.36. The minimum absolute atomic E-state index is 0.00991. The van der Waals surface area contributed by atoms with E-state index in [-0.39, 0.29) is 23.7 Å². The third-order valence-corrected chi connectivity index (χ3v) is 6.39. The van der Waals surface area contributed by atoms with Gasteiger partial charge in [0.1, 0.15) is 17.6 Å². The molecular formula is C26H28O3S. The number of ether oxygens (including phenoxy) is 3. The maximum Gasteiger partial charge on any atom is 0.136 e. The van der Waals surface area contributed by atoms with Crippen LogP contribution in [-0.4, -0.2) is 23.7 Å². The van der Waals surface area contributed by atoms with Gasteiger partial charge in [0.05, 0.1) is 19.3 Å². The van der Waals surface area contributed by atoms with Crippen molar-refractivity contribution < 1.29 is 14.2 Å². The molecule has 1 fully saturated rings. The molecule has 0 spiro atoms. The minimum atomic E-state index is -0.149. The van der Waals surface area contributed by atoms with Gasteiger partial charge in [0, 0.05) is 4.90 Å². The molecule has 3 aromatic carbocycles. The first-order valence-electron chi connectivity index (χ1n) is 10.5. The fourth-order valence-electron chi connectivity index (χ4n) is 3.66. The minimum Gasteiger partial charge on any atom is -0.368 e. The third-order valence-electron chi connectivity index (χ3n) is 5.24. The highest BCUT2D eigenvalue weighted by Crippen LogP contribution is 2.38. The van der Waals surface area contributed by atoms with E-state index >= 15 is 0 Å². The van der Waals surface area contributed by atoms with E-state index in [2.05, 4.69) is 55.5 Å². The summed E-state index contributed by atoms with van der Waals surface area (Å²) in [4.78, 5) is 1.18. The Kier molecular flexibility index (Phi) is 7.59. The van der Waals surface area contributed by atoms with Crippen molar-refractivity contribution in [3.63, 3.8) is 0 Å². The first-order chi connectivity index (χ1) is 14.8. The van der Waals surface area contributed by atoms with E-state index in [0.717, 1.165) is 17.5 Å². The Morgan fingerprint density at radius 1 is 0.700 bits per heavy atom. The fourth-order valence-corrected chi connectivity index (χ4v) is 4.81. The molecule has 1 unspecified atom stereocenters. The molecule has 0 amide bonds. The molecule has 156 valence electrons. The van der Waals surface area contributed by atoms with Gasteiger partial charge in [0.15, 0.2) is 0 Å². The van der Waals surface area contributed by atoms with Crippen LogP contribution in [0.3, 0.4) is 0 Å². The van der Waals surface area contributed by atoms with Crippen LogP contribution in [0.25, 0.3) is 0 Å². The topological polar surface area (TPSA) is 27.7 Å². The molecule has 0 bridgehead atoms. The molecule has 30 heavy (non-hydrogen) atoms. The van der Waals surface area contributed by atoms with Crippen molar-refractivity contribution in [2.24, 2.45) is 0 Å². The van der Waals surface area contributed by atoms with Crippen LogP contribution in [0.4, 0.5) is 0 Å². The van der Waals surface area contributed by atoms with Gasteiger partial charge in [0.25, 0.3) is 0 Å². The summed E-state index contributed by atoms with van der Waals surface area (Å²) in [6.07, 6.45) is 0.635. The van der Waals surface area contributed by atoms with Crippen LogP contribution in [0, 0.1) is 0 Å². The van der Waals surface area contributed by atoms with Gasteiger partial charge < -0.3 is 14.2 Å². The number of rotatable bonds is 9. The van der Waals surface area contributed by atoms with Crippen molar-refractivity contribution in [2.45, 2.75) is 55.2 Å². The van der Waals surface area contributed by atoms with E-state index in [1.54, 1.807) is 11.8 Å². The van der Waals surface area contributed by atoms with Crippen molar-refractivity contribution in [2.75, 3.05) is 0 Å². The van der Waals surface area contributed by atoms with Crippen LogP contribution < -0.4 is 0 Å². The molecular weight excluding hydrogens is 392 g/mol. The smallest absolute Gasteiger partial charge is 0.136 e. The molecule has 0 radical (unpaired) electrons. The molecule has 4 rings (SSSR count). The summed E-state index contributed by atoms with van der Waals surface area (Å²) in [6, 6.07) is 30.9. The van der Waals surface area contributed by atoms with Crippen molar-refractivity contribution in [1.29, 1.82) is 0 Å². The lowest BCUT2D eigenvalue weighted by molar-refractivity contribution is -0.0748. The van der Waals surface area contributed by atoms with Gasteiger partial charge in [0.2, 0.25) is 0 Å². The monoisotopic (exact) mass is 420 g/mol. The lowest BCUT2D eigenvalue weighted by atomic mass is 10.1. The SMILES string of the molecule is CC[C@@H]1O[C@@H](Sc2ccccc2)[C@@H](OCc2ccccc2)C1OCc1ccccc1. The highest BCUT2D eigenvalue weighted by Gasteiger charge is 2.46. The van der Waals surface area contributed by atoms with Crippen molar-refractivity contribution in [1.82, 2.24) is 0 Å². The fraction of sp³-hybridized carbons (Fsp3) is 0.308. The Morgan fingerprint density at radius 3 is 1.73 bits per heavy atom. The van der Waals surface area contributed by atoms with Gasteiger partial charge >= 0.3 is 0 Å². The molecule has 3 aromatic rings. The average Bonchev–Trinajstić information content (AvgIpc) is 3.14. The standard InChI is InChI=1S/C26H28O3S/c1-2-23-24(27-18-20-12-6-3-7-13-20)25(28-19-21-14-8-4-9-15-21)26(29-23)30-22-16-10-5-11-17-22/h3-17,23-26H,2,18-19H2,1H3/t23-,24?,25-,26-/m0/s1. The predicted molar refractivity (Wildman–Crippen MR) is 121 cm³/mol. The summed E-state index contributed by atoms with van der Waals surface area (Å²) in [6.45, 7) is 3.25. The van der Waals surface area contributed by atoms with E-state index in [4.69, 9.17) is 14.2 Å². The van der Waals surface area contributed by atoms with E-state index in [9.17, 15) is 0 Å². The van der Waals surface area contributed by atoms with Crippen molar-refractivity contribution in [3.8, 4) is 0 Å². The average molecular weight is 421 g/mol. The van der Waals surface area contributed by atoms with E-state index in [1.807, 2.05) is 42.5 Å². The first-order valence-corrected chi connectivity index (χ1v) is 11.4. The van der Waals surface area contributed by atoms with E-state index in [1.165, 1.54) is 4.90 Å². The molecule has 0 aromatic heterocycles. The maximum absolute atomic E-state index is 6.44. The normalized spacial score (nSPS) is 23.5. The number of hydrogen-bond acceptors (Lipinski definition) is 4. The Hall–Kier alpha value is -2.11. The lowest BCUT2D eigenvalue weighted by Gasteiger charge is -2.24. The van der Waals surface area contributed by atoms with Gasteiger partial charge in [-0.1, -0.05) is 97.5 Å². The van der Waals surface area contributed by atoms with Gasteiger partial charge in [-0.25, -0.2) is 0 Å². The van der Waals surface area contributed by atoms with Gasteiger partial charge in [-0.05, 0) is 29.7 Å². The Balaban J connectivity index is 1.50. The summed E-state index contributed by atoms with van der Waals surface area (Å²) in [5, 5.41) is 0. The molecule has 0 aliphatic carbocycles. The predicted octanol–water partition coefficient (Wildman–Crippen LogP) is 6.08. The highest BCUT2D eigenvalue weighted by molar-refractivity contribution is 7.99. The van der Waals surface area contributed by atoms with Gasteiger partial charge in [-0.15, -0.1) is 0 Å². The van der Waals surface area contributed by atoms with Gasteiger partial charge in [-0.3, -0.25) is 0 Å². The number of benzene rings is 3. The summed E-state index contributed by atoms with van der Waals surface area (Å²) < 4.78 is 19.3. The van der Waals surface area contributed by atoms with Gasteiger partial charge in [-0.2, -0.15) is 0 Å². The zero-order valence-corrected chi connectivity index (χ0v) is 18.0. The van der Waals surface area contributed by atoms with Crippen LogP contribution in [-0.2, 0) is 27.4 Å². The second kappa shape index (κ2) is 10.8. The molecule has 0 saturated carbocycles. The van der Waals surface area contributed by atoms with Crippen molar-refractivity contribution in [3.05, 3.63) is 102 Å². The Morgan fingerprint density at radius 2 is 1.20 bits per heavy atom. The summed E-state index contributed by atoms with van der Waals surface area (Å²) in [7, 11) is 0. The van der Waals surface area contributed by atoms with E-state index < -0.39 is 0 Å². The summed E-state index contributed by atoms with van der Waals surface area (Å²) in [5.41, 5.74) is 2.21. The zero-order valence-electron chi connectivity index (χ0n) is 17.2. The highest BCUT2D eigenvalue weighted by atomic mass is 32.2. The molecule has 1 aliphatic heterocycles. The first kappa shape index (κ1) is 21.1. The molecule has 1 saturated heterocycles. The van der Waals surface area contributed by atoms with Crippen LogP contribution in [0.2, 0.25) is 0 Å². The zero-order chi connectivity index (χ0) is 20.6. The van der Waals surface area contributed by atoms with Crippen LogP contribution in [0.5, 0.6) is 0 Å². The Bertz CT molecular complexity index is 873. The summed E-state index contributed by atoms with van der Waals surface area (Å²) >= 11 is 1.71. The largest absolute Gasteiger partial charge is 0.368 e. The molecule has 0 N–H and O–H groups in total. The summed E-state index contributed by atoms with van der Waals surface area (Å²) in [5.74, 6) is 0.